The molecule has 1 amide bonds. The molecule has 0 aliphatic carbocycles. The zero-order valence-electron chi connectivity index (χ0n) is 15.9. The zero-order valence-corrected chi connectivity index (χ0v) is 16.7. The van der Waals surface area contributed by atoms with Crippen LogP contribution in [0, 0.1) is 0 Å². The van der Waals surface area contributed by atoms with Gasteiger partial charge in [0.25, 0.3) is 0 Å². The second kappa shape index (κ2) is 16.4. The van der Waals surface area contributed by atoms with E-state index in [0.717, 1.165) is 12.8 Å². The van der Waals surface area contributed by atoms with Crippen LogP contribution in [0.5, 0.6) is 0 Å². The van der Waals surface area contributed by atoms with E-state index >= 15 is 0 Å². The number of benzene rings is 1. The Kier molecular flexibility index (Phi) is 15.7. The molecule has 0 spiro atoms. The Morgan fingerprint density at radius 3 is 1.96 bits per heavy atom. The van der Waals surface area contributed by atoms with Crippen molar-refractivity contribution in [3.8, 4) is 0 Å². The van der Waals surface area contributed by atoms with Crippen LogP contribution in [-0.2, 0) is 11.2 Å². The Balaban J connectivity index is 0.00000576. The van der Waals surface area contributed by atoms with Gasteiger partial charge in [0.1, 0.15) is 0 Å². The van der Waals surface area contributed by atoms with E-state index in [-0.39, 0.29) is 18.3 Å². The number of amides is 1. The quantitative estimate of drug-likeness (QED) is 0.199. The van der Waals surface area contributed by atoms with Gasteiger partial charge >= 0.3 is 0 Å². The smallest absolute Gasteiger partial charge is 0.236 e. The number of carbonyl (C=O) groups excluding carboxylic acids is 1. The molecule has 2 N–H and O–H groups in total. The first-order valence-electron chi connectivity index (χ1n) is 9.83. The molecule has 0 atom stereocenters. The number of carbonyl (C=O) groups is 1. The zero-order chi connectivity index (χ0) is 17.5. The highest BCUT2D eigenvalue weighted by atomic mass is 35.5. The number of unbranched alkanes of at least 4 members (excludes halogenated alkanes) is 9. The van der Waals surface area contributed by atoms with Gasteiger partial charge in [0.2, 0.25) is 5.91 Å². The summed E-state index contributed by atoms with van der Waals surface area (Å²) in [6.07, 6.45) is 14.3. The topological polar surface area (TPSA) is 46.3 Å². The number of nitrogens with zero attached hydrogens (tertiary/aromatic N) is 1. The molecule has 0 fully saturated rings. The van der Waals surface area contributed by atoms with Crippen LogP contribution in [0.4, 0.5) is 0 Å². The molecule has 3 nitrogen and oxygen atoms in total. The molecular weight excluding hydrogens is 332 g/mol. The van der Waals surface area contributed by atoms with Crippen molar-refractivity contribution in [3.63, 3.8) is 0 Å². The Bertz CT molecular complexity index is 425. The van der Waals surface area contributed by atoms with Gasteiger partial charge in [-0.1, -0.05) is 95.0 Å². The predicted octanol–water partition coefficient (Wildman–Crippen LogP) is 5.66. The highest BCUT2D eigenvalue weighted by Crippen LogP contribution is 2.11. The van der Waals surface area contributed by atoms with Gasteiger partial charge in [-0.3, -0.25) is 9.80 Å². The number of rotatable bonds is 14. The van der Waals surface area contributed by atoms with E-state index in [1.165, 1.54) is 68.4 Å². The van der Waals surface area contributed by atoms with Crippen molar-refractivity contribution < 1.29 is 4.79 Å². The van der Waals surface area contributed by atoms with Gasteiger partial charge in [0, 0.05) is 13.0 Å². The first kappa shape index (κ1) is 23.9. The molecule has 0 saturated heterocycles. The molecule has 0 heterocycles. The van der Waals surface area contributed by atoms with Crippen LogP contribution in [0.15, 0.2) is 30.3 Å². The Hall–Kier alpha value is -1.06. The van der Waals surface area contributed by atoms with Gasteiger partial charge in [-0.2, -0.15) is 0 Å². The highest BCUT2D eigenvalue weighted by molar-refractivity contribution is 5.85. The van der Waals surface area contributed by atoms with E-state index in [4.69, 9.17) is 5.84 Å². The largest absolute Gasteiger partial charge is 0.281 e. The SMILES string of the molecule is CCCCCCCCCCCCN(N)C(=O)CCc1ccccc1.Cl. The summed E-state index contributed by atoms with van der Waals surface area (Å²) >= 11 is 0. The lowest BCUT2D eigenvalue weighted by molar-refractivity contribution is -0.131. The molecule has 1 aromatic carbocycles. The van der Waals surface area contributed by atoms with Crippen molar-refractivity contribution in [2.75, 3.05) is 6.54 Å². The minimum absolute atomic E-state index is 0. The fraction of sp³-hybridized carbons (Fsp3) is 0.667. The number of hydrogen-bond donors (Lipinski definition) is 1. The third-order valence-corrected chi connectivity index (χ3v) is 4.54. The van der Waals surface area contributed by atoms with Crippen molar-refractivity contribution in [1.29, 1.82) is 0 Å². The van der Waals surface area contributed by atoms with Crippen LogP contribution in [0.1, 0.15) is 83.1 Å². The Morgan fingerprint density at radius 2 is 1.40 bits per heavy atom. The van der Waals surface area contributed by atoms with Gasteiger partial charge in [0.15, 0.2) is 0 Å². The van der Waals surface area contributed by atoms with Crippen molar-refractivity contribution in [3.05, 3.63) is 35.9 Å². The second-order valence-corrected chi connectivity index (χ2v) is 6.75. The lowest BCUT2D eigenvalue weighted by Gasteiger charge is -2.16. The monoisotopic (exact) mass is 368 g/mol. The second-order valence-electron chi connectivity index (χ2n) is 6.75. The molecule has 0 unspecified atom stereocenters. The molecular formula is C21H37ClN2O. The third kappa shape index (κ3) is 12.9. The van der Waals surface area contributed by atoms with Crippen LogP contribution < -0.4 is 5.84 Å². The van der Waals surface area contributed by atoms with Gasteiger partial charge in [0.05, 0.1) is 0 Å². The Morgan fingerprint density at radius 1 is 0.880 bits per heavy atom. The summed E-state index contributed by atoms with van der Waals surface area (Å²) in [6.45, 7) is 2.94. The van der Waals surface area contributed by atoms with Crippen LogP contribution in [0.3, 0.4) is 0 Å². The maximum absolute atomic E-state index is 12.0. The summed E-state index contributed by atoms with van der Waals surface area (Å²) in [4.78, 5) is 12.0. The minimum Gasteiger partial charge on any atom is -0.281 e. The molecule has 144 valence electrons. The standard InChI is InChI=1S/C21H36N2O.ClH/c1-2-3-4-5-6-7-8-9-10-14-19-23(22)21(24)18-17-20-15-12-11-13-16-20;/h11-13,15-16H,2-10,14,17-19,22H2,1H3;1H. The average molecular weight is 369 g/mol. The maximum Gasteiger partial charge on any atom is 0.236 e. The summed E-state index contributed by atoms with van der Waals surface area (Å²) in [5.41, 5.74) is 1.19. The van der Waals surface area contributed by atoms with Gasteiger partial charge < -0.3 is 0 Å². The average Bonchev–Trinajstić information content (AvgIpc) is 2.62. The van der Waals surface area contributed by atoms with E-state index in [2.05, 4.69) is 19.1 Å². The Labute approximate surface area is 160 Å². The van der Waals surface area contributed by atoms with Crippen molar-refractivity contribution in [2.24, 2.45) is 5.84 Å². The maximum atomic E-state index is 12.0. The lowest BCUT2D eigenvalue weighted by Crippen LogP contribution is -2.38. The first-order valence-corrected chi connectivity index (χ1v) is 9.83. The first-order chi connectivity index (χ1) is 11.7. The van der Waals surface area contributed by atoms with E-state index < -0.39 is 0 Å². The lowest BCUT2D eigenvalue weighted by atomic mass is 10.1. The van der Waals surface area contributed by atoms with E-state index in [1.54, 1.807) is 0 Å². The molecule has 0 aromatic heterocycles. The molecule has 4 heteroatoms. The summed E-state index contributed by atoms with van der Waals surface area (Å²) in [6, 6.07) is 10.1. The van der Waals surface area contributed by atoms with Crippen LogP contribution in [-0.4, -0.2) is 17.5 Å². The summed E-state index contributed by atoms with van der Waals surface area (Å²) in [7, 11) is 0. The molecule has 25 heavy (non-hydrogen) atoms. The fourth-order valence-corrected chi connectivity index (χ4v) is 2.93. The number of hydrogen-bond acceptors (Lipinski definition) is 2. The fourth-order valence-electron chi connectivity index (χ4n) is 2.93. The number of aryl methyl sites for hydroxylation is 1. The molecule has 0 saturated carbocycles. The van der Waals surface area contributed by atoms with Crippen molar-refractivity contribution in [2.45, 2.75) is 84.0 Å². The summed E-state index contributed by atoms with van der Waals surface area (Å²) < 4.78 is 0. The van der Waals surface area contributed by atoms with Crippen molar-refractivity contribution >= 4 is 18.3 Å². The normalized spacial score (nSPS) is 10.3. The van der Waals surface area contributed by atoms with E-state index in [0.29, 0.717) is 13.0 Å². The molecule has 0 radical (unpaired) electrons. The minimum atomic E-state index is 0. The predicted molar refractivity (Wildman–Crippen MR) is 110 cm³/mol. The molecule has 0 aliphatic rings. The van der Waals surface area contributed by atoms with Crippen molar-refractivity contribution in [1.82, 2.24) is 5.01 Å². The van der Waals surface area contributed by atoms with Gasteiger partial charge in [-0.15, -0.1) is 12.4 Å². The van der Waals surface area contributed by atoms with E-state index in [9.17, 15) is 4.79 Å². The molecule has 0 aliphatic heterocycles. The van der Waals surface area contributed by atoms with Gasteiger partial charge in [-0.05, 0) is 18.4 Å². The van der Waals surface area contributed by atoms with Crippen LogP contribution in [0.25, 0.3) is 0 Å². The molecule has 1 rings (SSSR count). The van der Waals surface area contributed by atoms with Gasteiger partial charge in [-0.25, -0.2) is 5.84 Å². The summed E-state index contributed by atoms with van der Waals surface area (Å²) in [5, 5.41) is 1.41. The van der Waals surface area contributed by atoms with E-state index in [1.807, 2.05) is 18.2 Å². The molecule has 1 aromatic rings. The number of halogens is 1. The third-order valence-electron chi connectivity index (χ3n) is 4.54. The summed E-state index contributed by atoms with van der Waals surface area (Å²) in [5.74, 6) is 5.92. The van der Waals surface area contributed by atoms with Crippen LogP contribution >= 0.6 is 12.4 Å². The highest BCUT2D eigenvalue weighted by Gasteiger charge is 2.08. The number of hydrazine groups is 1. The molecule has 0 bridgehead atoms. The van der Waals surface area contributed by atoms with Crippen LogP contribution in [0.2, 0.25) is 0 Å². The number of nitrogens with two attached hydrogens (primary N) is 1.